The summed E-state index contributed by atoms with van der Waals surface area (Å²) < 4.78 is 0. The normalized spacial score (nSPS) is 13.8. The SMILES string of the molecule is O=C(NCCC1=CCCCC1)c1ccc(NCc2ccccc2)cn1. The molecule has 0 saturated carbocycles. The maximum atomic E-state index is 12.2. The van der Waals surface area contributed by atoms with E-state index < -0.39 is 0 Å². The Kier molecular flexibility index (Phi) is 6.21. The first-order valence-corrected chi connectivity index (χ1v) is 9.01. The summed E-state index contributed by atoms with van der Waals surface area (Å²) >= 11 is 0. The molecule has 0 saturated heterocycles. The van der Waals surface area contributed by atoms with Crippen LogP contribution in [-0.2, 0) is 6.54 Å². The highest BCUT2D eigenvalue weighted by molar-refractivity contribution is 5.92. The molecule has 4 heteroatoms. The van der Waals surface area contributed by atoms with Gasteiger partial charge in [0.2, 0.25) is 0 Å². The summed E-state index contributed by atoms with van der Waals surface area (Å²) in [4.78, 5) is 16.4. The van der Waals surface area contributed by atoms with Crippen molar-refractivity contribution in [3.63, 3.8) is 0 Å². The van der Waals surface area contributed by atoms with Crippen LogP contribution in [0.2, 0.25) is 0 Å². The van der Waals surface area contributed by atoms with Crippen molar-refractivity contribution in [3.05, 3.63) is 71.6 Å². The first kappa shape index (κ1) is 17.2. The summed E-state index contributed by atoms with van der Waals surface area (Å²) in [5.74, 6) is -0.106. The summed E-state index contributed by atoms with van der Waals surface area (Å²) in [5.41, 5.74) is 4.05. The average Bonchev–Trinajstić information content (AvgIpc) is 2.68. The van der Waals surface area contributed by atoms with Crippen molar-refractivity contribution in [2.75, 3.05) is 11.9 Å². The molecule has 0 unspecified atom stereocenters. The summed E-state index contributed by atoms with van der Waals surface area (Å²) in [6.07, 6.45) is 9.91. The molecule has 0 aliphatic heterocycles. The molecule has 0 fully saturated rings. The van der Waals surface area contributed by atoms with E-state index in [-0.39, 0.29) is 5.91 Å². The number of anilines is 1. The van der Waals surface area contributed by atoms with Crippen LogP contribution in [0.1, 0.15) is 48.2 Å². The fourth-order valence-electron chi connectivity index (χ4n) is 2.99. The predicted octanol–water partition coefficient (Wildman–Crippen LogP) is 4.31. The second-order valence-electron chi connectivity index (χ2n) is 6.39. The third-order valence-electron chi connectivity index (χ3n) is 4.45. The van der Waals surface area contributed by atoms with Gasteiger partial charge in [-0.1, -0.05) is 42.0 Å². The van der Waals surface area contributed by atoms with Crippen molar-refractivity contribution in [1.29, 1.82) is 0 Å². The number of carbonyl (C=O) groups is 1. The number of hydrogen-bond donors (Lipinski definition) is 2. The van der Waals surface area contributed by atoms with Crippen molar-refractivity contribution < 1.29 is 4.79 Å². The van der Waals surface area contributed by atoms with Gasteiger partial charge in [-0.3, -0.25) is 4.79 Å². The zero-order valence-electron chi connectivity index (χ0n) is 14.5. The molecule has 1 amide bonds. The second-order valence-corrected chi connectivity index (χ2v) is 6.39. The highest BCUT2D eigenvalue weighted by Gasteiger charge is 2.08. The molecule has 1 aromatic carbocycles. The Labute approximate surface area is 149 Å². The van der Waals surface area contributed by atoms with Crippen molar-refractivity contribution in [2.24, 2.45) is 0 Å². The van der Waals surface area contributed by atoms with Gasteiger partial charge in [-0.05, 0) is 49.8 Å². The van der Waals surface area contributed by atoms with Gasteiger partial charge in [0.05, 0.1) is 11.9 Å². The predicted molar refractivity (Wildman–Crippen MR) is 102 cm³/mol. The number of aromatic nitrogens is 1. The fraction of sp³-hybridized carbons (Fsp3) is 0.333. The van der Waals surface area contributed by atoms with Crippen LogP contribution in [0, 0.1) is 0 Å². The van der Waals surface area contributed by atoms with E-state index in [0.717, 1.165) is 18.7 Å². The van der Waals surface area contributed by atoms with Crippen LogP contribution in [0.3, 0.4) is 0 Å². The van der Waals surface area contributed by atoms with Crippen molar-refractivity contribution in [2.45, 2.75) is 38.6 Å². The molecule has 1 aliphatic carbocycles. The summed E-state index contributed by atoms with van der Waals surface area (Å²) in [5, 5.41) is 6.27. The Bertz CT molecular complexity index is 708. The van der Waals surface area contributed by atoms with Gasteiger partial charge < -0.3 is 10.6 Å². The molecule has 0 spiro atoms. The van der Waals surface area contributed by atoms with Gasteiger partial charge in [-0.2, -0.15) is 0 Å². The van der Waals surface area contributed by atoms with Gasteiger partial charge >= 0.3 is 0 Å². The van der Waals surface area contributed by atoms with E-state index in [4.69, 9.17) is 0 Å². The number of benzene rings is 1. The highest BCUT2D eigenvalue weighted by atomic mass is 16.1. The quantitative estimate of drug-likeness (QED) is 0.741. The van der Waals surface area contributed by atoms with Gasteiger partial charge in [-0.25, -0.2) is 4.98 Å². The van der Waals surface area contributed by atoms with Crippen molar-refractivity contribution >= 4 is 11.6 Å². The van der Waals surface area contributed by atoms with Gasteiger partial charge in [0.1, 0.15) is 5.69 Å². The minimum Gasteiger partial charge on any atom is -0.380 e. The second kappa shape index (κ2) is 9.02. The van der Waals surface area contributed by atoms with Gasteiger partial charge in [0.15, 0.2) is 0 Å². The van der Waals surface area contributed by atoms with Gasteiger partial charge in [0.25, 0.3) is 5.91 Å². The number of allylic oxidation sites excluding steroid dienone is 1. The number of hydrogen-bond acceptors (Lipinski definition) is 3. The topological polar surface area (TPSA) is 54.0 Å². The summed E-state index contributed by atoms with van der Waals surface area (Å²) in [7, 11) is 0. The highest BCUT2D eigenvalue weighted by Crippen LogP contribution is 2.19. The monoisotopic (exact) mass is 335 g/mol. The van der Waals surface area contributed by atoms with E-state index in [9.17, 15) is 4.79 Å². The third-order valence-corrected chi connectivity index (χ3v) is 4.45. The maximum Gasteiger partial charge on any atom is 0.269 e. The van der Waals surface area contributed by atoms with Crippen molar-refractivity contribution in [1.82, 2.24) is 10.3 Å². The van der Waals surface area contributed by atoms with E-state index in [2.05, 4.69) is 33.8 Å². The first-order valence-electron chi connectivity index (χ1n) is 9.01. The molecule has 2 N–H and O–H groups in total. The summed E-state index contributed by atoms with van der Waals surface area (Å²) in [6.45, 7) is 1.42. The van der Waals surface area contributed by atoms with E-state index >= 15 is 0 Å². The van der Waals surface area contributed by atoms with E-state index in [1.807, 2.05) is 24.3 Å². The molecule has 0 atom stereocenters. The number of carbonyl (C=O) groups excluding carboxylic acids is 1. The van der Waals surface area contributed by atoms with Crippen LogP contribution in [-0.4, -0.2) is 17.4 Å². The number of rotatable bonds is 7. The molecular formula is C21H25N3O. The Morgan fingerprint density at radius 2 is 1.96 bits per heavy atom. The Morgan fingerprint density at radius 1 is 1.08 bits per heavy atom. The minimum absolute atomic E-state index is 0.106. The zero-order valence-corrected chi connectivity index (χ0v) is 14.5. The maximum absolute atomic E-state index is 12.2. The van der Waals surface area contributed by atoms with Crippen molar-refractivity contribution in [3.8, 4) is 0 Å². The molecular weight excluding hydrogens is 310 g/mol. The number of pyridine rings is 1. The minimum atomic E-state index is -0.106. The standard InChI is InChI=1S/C21H25N3O/c25-21(22-14-13-17-7-3-1-4-8-17)20-12-11-19(16-24-20)23-15-18-9-5-2-6-10-18/h2,5-7,9-12,16,23H,1,3-4,8,13-15H2,(H,22,25). The van der Waals surface area contributed by atoms with E-state index in [1.165, 1.54) is 36.8 Å². The first-order chi connectivity index (χ1) is 12.3. The molecule has 1 aromatic heterocycles. The molecule has 3 rings (SSSR count). The Morgan fingerprint density at radius 3 is 2.68 bits per heavy atom. The lowest BCUT2D eigenvalue weighted by Crippen LogP contribution is -2.25. The largest absolute Gasteiger partial charge is 0.380 e. The lowest BCUT2D eigenvalue weighted by molar-refractivity contribution is 0.0949. The fourth-order valence-corrected chi connectivity index (χ4v) is 2.99. The van der Waals surface area contributed by atoms with E-state index in [1.54, 1.807) is 12.3 Å². The van der Waals surface area contributed by atoms with Crippen LogP contribution in [0.5, 0.6) is 0 Å². The number of nitrogens with one attached hydrogen (secondary N) is 2. The lowest BCUT2D eigenvalue weighted by atomic mass is 9.97. The Hall–Kier alpha value is -2.62. The molecule has 1 heterocycles. The molecule has 0 bridgehead atoms. The average molecular weight is 335 g/mol. The van der Waals surface area contributed by atoms with Crippen LogP contribution in [0.25, 0.3) is 0 Å². The summed E-state index contributed by atoms with van der Waals surface area (Å²) in [6, 6.07) is 13.9. The van der Waals surface area contributed by atoms with Crippen LogP contribution < -0.4 is 10.6 Å². The molecule has 1 aliphatic rings. The smallest absolute Gasteiger partial charge is 0.269 e. The van der Waals surface area contributed by atoms with Gasteiger partial charge in [-0.15, -0.1) is 0 Å². The molecule has 25 heavy (non-hydrogen) atoms. The van der Waals surface area contributed by atoms with E-state index in [0.29, 0.717) is 12.2 Å². The van der Waals surface area contributed by atoms with Crippen LogP contribution in [0.4, 0.5) is 5.69 Å². The molecule has 4 nitrogen and oxygen atoms in total. The third kappa shape index (κ3) is 5.45. The number of nitrogens with zero attached hydrogens (tertiary/aromatic N) is 1. The van der Waals surface area contributed by atoms with Gasteiger partial charge in [0, 0.05) is 13.1 Å². The number of amides is 1. The van der Waals surface area contributed by atoms with Crippen LogP contribution >= 0.6 is 0 Å². The molecule has 0 radical (unpaired) electrons. The Balaban J connectivity index is 1.44. The molecule has 130 valence electrons. The molecule has 2 aromatic rings. The van der Waals surface area contributed by atoms with Crippen LogP contribution in [0.15, 0.2) is 60.3 Å². The zero-order chi connectivity index (χ0) is 17.3. The lowest BCUT2D eigenvalue weighted by Gasteiger charge is -2.13.